The second-order valence-electron chi connectivity index (χ2n) is 8.03. The van der Waals surface area contributed by atoms with E-state index in [0.717, 1.165) is 77.1 Å². The number of carbonyl (C=O) groups is 2. The van der Waals surface area contributed by atoms with Gasteiger partial charge in [0, 0.05) is 38.8 Å². The van der Waals surface area contributed by atoms with Crippen molar-refractivity contribution in [2.24, 2.45) is 5.92 Å². The van der Waals surface area contributed by atoms with E-state index in [-0.39, 0.29) is 5.92 Å². The van der Waals surface area contributed by atoms with E-state index in [1.807, 2.05) is 0 Å². The molecule has 3 aliphatic heterocycles. The van der Waals surface area contributed by atoms with E-state index in [4.69, 9.17) is 0 Å². The Balaban J connectivity index is 1.43. The van der Waals surface area contributed by atoms with Crippen LogP contribution in [-0.2, 0) is 9.59 Å². The largest absolute Gasteiger partial charge is 0.342 e. The van der Waals surface area contributed by atoms with Gasteiger partial charge in [0.05, 0.1) is 11.7 Å². The Morgan fingerprint density at radius 2 is 1.65 bits per heavy atom. The summed E-state index contributed by atoms with van der Waals surface area (Å²) in [6.45, 7) is 7.91. The van der Waals surface area contributed by atoms with Crippen LogP contribution in [0.25, 0.3) is 0 Å². The Hall–Kier alpha value is -0.750. The minimum absolute atomic E-state index is 0.201. The summed E-state index contributed by atoms with van der Waals surface area (Å²) in [5, 5.41) is 0. The fourth-order valence-electron chi connectivity index (χ4n) is 4.61. The van der Waals surface area contributed by atoms with Gasteiger partial charge in [0.1, 0.15) is 0 Å². The standard InChI is InChI=1S/C20H35N3O2S/c1-2-14-26-16-19(24)21-12-7-18(8-13-21)23-11-5-6-17(15-23)20(25)22-9-3-4-10-22/h17-18H,2-16H2,1H3/t17-/m1/s1. The normalized spacial score (nSPS) is 25.7. The number of rotatable bonds is 6. The molecule has 0 unspecified atom stereocenters. The van der Waals surface area contributed by atoms with Gasteiger partial charge in [0.15, 0.2) is 0 Å². The summed E-state index contributed by atoms with van der Waals surface area (Å²) in [5.74, 6) is 2.61. The fraction of sp³-hybridized carbons (Fsp3) is 0.900. The minimum Gasteiger partial charge on any atom is -0.342 e. The number of carbonyl (C=O) groups excluding carboxylic acids is 2. The Morgan fingerprint density at radius 3 is 2.35 bits per heavy atom. The Kier molecular flexibility index (Phi) is 7.67. The molecule has 0 bridgehead atoms. The maximum absolute atomic E-state index is 12.7. The summed E-state index contributed by atoms with van der Waals surface area (Å²) < 4.78 is 0. The molecule has 0 aliphatic carbocycles. The van der Waals surface area contributed by atoms with Crippen LogP contribution in [0.5, 0.6) is 0 Å². The van der Waals surface area contributed by atoms with Crippen molar-refractivity contribution < 1.29 is 9.59 Å². The molecule has 3 rings (SSSR count). The number of nitrogens with zero attached hydrogens (tertiary/aromatic N) is 3. The van der Waals surface area contributed by atoms with Crippen LogP contribution in [0.1, 0.15) is 51.9 Å². The van der Waals surface area contributed by atoms with Gasteiger partial charge >= 0.3 is 0 Å². The number of likely N-dealkylation sites (tertiary alicyclic amines) is 3. The molecule has 3 fully saturated rings. The quantitative estimate of drug-likeness (QED) is 0.663. The molecular weight excluding hydrogens is 346 g/mol. The summed E-state index contributed by atoms with van der Waals surface area (Å²) in [4.78, 5) is 31.7. The van der Waals surface area contributed by atoms with Crippen LogP contribution in [-0.4, -0.2) is 83.3 Å². The smallest absolute Gasteiger partial charge is 0.232 e. The van der Waals surface area contributed by atoms with Crippen LogP contribution in [0.3, 0.4) is 0 Å². The lowest BCUT2D eigenvalue weighted by atomic mass is 9.93. The number of amides is 2. The Labute approximate surface area is 162 Å². The predicted molar refractivity (Wildman–Crippen MR) is 107 cm³/mol. The zero-order chi connectivity index (χ0) is 18.4. The lowest BCUT2D eigenvalue weighted by Gasteiger charge is -2.42. The van der Waals surface area contributed by atoms with Crippen molar-refractivity contribution in [3.8, 4) is 0 Å². The van der Waals surface area contributed by atoms with E-state index in [9.17, 15) is 9.59 Å². The third-order valence-electron chi connectivity index (χ3n) is 6.13. The molecule has 0 spiro atoms. The van der Waals surface area contributed by atoms with Gasteiger partial charge in [-0.3, -0.25) is 14.5 Å². The fourth-order valence-corrected chi connectivity index (χ4v) is 5.40. The molecule has 0 N–H and O–H groups in total. The number of thioether (sulfide) groups is 1. The van der Waals surface area contributed by atoms with Crippen molar-refractivity contribution in [3.05, 3.63) is 0 Å². The van der Waals surface area contributed by atoms with Gasteiger partial charge in [-0.2, -0.15) is 11.8 Å². The first-order valence-electron chi connectivity index (χ1n) is 10.6. The van der Waals surface area contributed by atoms with Gasteiger partial charge in [-0.25, -0.2) is 0 Å². The molecule has 3 aliphatic rings. The van der Waals surface area contributed by atoms with Crippen molar-refractivity contribution in [1.29, 1.82) is 0 Å². The summed E-state index contributed by atoms with van der Waals surface area (Å²) in [7, 11) is 0. The second kappa shape index (κ2) is 9.98. The van der Waals surface area contributed by atoms with Gasteiger partial charge in [0.25, 0.3) is 0 Å². The molecule has 26 heavy (non-hydrogen) atoms. The molecule has 5 nitrogen and oxygen atoms in total. The van der Waals surface area contributed by atoms with Gasteiger partial charge in [-0.1, -0.05) is 6.92 Å². The highest BCUT2D eigenvalue weighted by Gasteiger charge is 2.34. The third kappa shape index (κ3) is 5.16. The topological polar surface area (TPSA) is 43.9 Å². The molecule has 0 saturated carbocycles. The zero-order valence-electron chi connectivity index (χ0n) is 16.3. The van der Waals surface area contributed by atoms with Crippen LogP contribution in [0.15, 0.2) is 0 Å². The zero-order valence-corrected chi connectivity index (χ0v) is 17.1. The molecule has 0 aromatic carbocycles. The average molecular weight is 382 g/mol. The molecule has 0 aromatic heterocycles. The van der Waals surface area contributed by atoms with Gasteiger partial charge in [0.2, 0.25) is 11.8 Å². The summed E-state index contributed by atoms with van der Waals surface area (Å²) >= 11 is 1.76. The molecule has 3 heterocycles. The highest BCUT2D eigenvalue weighted by atomic mass is 32.2. The van der Waals surface area contributed by atoms with E-state index in [1.165, 1.54) is 12.8 Å². The lowest BCUT2D eigenvalue weighted by Crippen LogP contribution is -2.52. The van der Waals surface area contributed by atoms with E-state index in [0.29, 0.717) is 23.6 Å². The highest BCUT2D eigenvalue weighted by molar-refractivity contribution is 7.99. The molecule has 0 aromatic rings. The molecule has 0 radical (unpaired) electrons. The van der Waals surface area contributed by atoms with Crippen molar-refractivity contribution in [1.82, 2.24) is 14.7 Å². The first-order chi connectivity index (χ1) is 12.7. The SMILES string of the molecule is CCCSCC(=O)N1CCC(N2CCC[C@@H](C(=O)N3CCCC3)C2)CC1. The minimum atomic E-state index is 0.201. The van der Waals surface area contributed by atoms with Crippen LogP contribution in [0.2, 0.25) is 0 Å². The van der Waals surface area contributed by atoms with E-state index >= 15 is 0 Å². The predicted octanol–water partition coefficient (Wildman–Crippen LogP) is 2.46. The molecular formula is C20H35N3O2S. The first kappa shape index (κ1) is 20.0. The van der Waals surface area contributed by atoms with Crippen molar-refractivity contribution in [3.63, 3.8) is 0 Å². The van der Waals surface area contributed by atoms with Crippen molar-refractivity contribution >= 4 is 23.6 Å². The first-order valence-corrected chi connectivity index (χ1v) is 11.7. The van der Waals surface area contributed by atoms with Crippen LogP contribution in [0.4, 0.5) is 0 Å². The van der Waals surface area contributed by atoms with Gasteiger partial charge in [-0.05, 0) is 57.2 Å². The maximum atomic E-state index is 12.7. The average Bonchev–Trinajstić information content (AvgIpc) is 3.22. The monoisotopic (exact) mass is 381 g/mol. The maximum Gasteiger partial charge on any atom is 0.232 e. The summed E-state index contributed by atoms with van der Waals surface area (Å²) in [6, 6.07) is 0.552. The highest BCUT2D eigenvalue weighted by Crippen LogP contribution is 2.26. The molecule has 2 amide bonds. The molecule has 3 saturated heterocycles. The van der Waals surface area contributed by atoms with E-state index in [1.54, 1.807) is 11.8 Å². The van der Waals surface area contributed by atoms with Crippen LogP contribution in [0, 0.1) is 5.92 Å². The van der Waals surface area contributed by atoms with Crippen LogP contribution >= 0.6 is 11.8 Å². The van der Waals surface area contributed by atoms with E-state index < -0.39 is 0 Å². The number of hydrogen-bond acceptors (Lipinski definition) is 4. The third-order valence-corrected chi connectivity index (χ3v) is 7.28. The van der Waals surface area contributed by atoms with Crippen molar-refractivity contribution in [2.75, 3.05) is 50.8 Å². The number of hydrogen-bond donors (Lipinski definition) is 0. The Morgan fingerprint density at radius 1 is 0.923 bits per heavy atom. The second-order valence-corrected chi connectivity index (χ2v) is 9.14. The molecule has 6 heteroatoms. The lowest BCUT2D eigenvalue weighted by molar-refractivity contribution is -0.136. The van der Waals surface area contributed by atoms with Gasteiger partial charge in [-0.15, -0.1) is 0 Å². The summed E-state index contributed by atoms with van der Waals surface area (Å²) in [5.41, 5.74) is 0. The molecule has 1 atom stereocenters. The van der Waals surface area contributed by atoms with Crippen LogP contribution < -0.4 is 0 Å². The van der Waals surface area contributed by atoms with Crippen molar-refractivity contribution in [2.45, 2.75) is 57.9 Å². The summed E-state index contributed by atoms with van der Waals surface area (Å²) in [6.07, 6.45) is 7.79. The van der Waals surface area contributed by atoms with E-state index in [2.05, 4.69) is 21.6 Å². The van der Waals surface area contributed by atoms with Gasteiger partial charge < -0.3 is 9.80 Å². The molecule has 148 valence electrons. The number of piperidine rings is 2. The Bertz CT molecular complexity index is 474.